The smallest absolute Gasteiger partial charge is 0.335 e. The van der Waals surface area contributed by atoms with Gasteiger partial charge in [-0.25, -0.2) is 9.79 Å². The van der Waals surface area contributed by atoms with Crippen LogP contribution in [0.3, 0.4) is 0 Å². The number of halogens is 1. The quantitative estimate of drug-likeness (QED) is 0.485. The molecule has 31 heavy (non-hydrogen) atoms. The molecule has 1 aliphatic heterocycles. The molecule has 2 heterocycles. The Bertz CT molecular complexity index is 1210. The van der Waals surface area contributed by atoms with E-state index in [0.717, 1.165) is 5.56 Å². The van der Waals surface area contributed by atoms with Crippen LogP contribution in [0.25, 0.3) is 17.4 Å². The highest BCUT2D eigenvalue weighted by Crippen LogP contribution is 2.35. The van der Waals surface area contributed by atoms with Gasteiger partial charge in [0.2, 0.25) is 0 Å². The third kappa shape index (κ3) is 4.57. The Morgan fingerprint density at radius 2 is 1.97 bits per heavy atom. The maximum absolute atomic E-state index is 12.8. The van der Waals surface area contributed by atoms with E-state index < -0.39 is 5.97 Å². The minimum atomic E-state index is -0.999. The Hall–Kier alpha value is -3.29. The fourth-order valence-corrected chi connectivity index (χ4v) is 4.25. The highest BCUT2D eigenvalue weighted by Gasteiger charge is 2.32. The van der Waals surface area contributed by atoms with E-state index >= 15 is 0 Å². The van der Waals surface area contributed by atoms with Crippen molar-refractivity contribution >= 4 is 52.2 Å². The molecule has 0 bridgehead atoms. The molecule has 2 aromatic carbocycles. The van der Waals surface area contributed by atoms with Gasteiger partial charge >= 0.3 is 5.97 Å². The van der Waals surface area contributed by atoms with E-state index in [4.69, 9.17) is 21.1 Å². The summed E-state index contributed by atoms with van der Waals surface area (Å²) in [5.41, 5.74) is 1.60. The zero-order valence-electron chi connectivity index (χ0n) is 16.4. The summed E-state index contributed by atoms with van der Waals surface area (Å²) >= 11 is 7.30. The number of carbonyl (C=O) groups excluding carboxylic acids is 1. The van der Waals surface area contributed by atoms with Crippen LogP contribution < -0.4 is 0 Å². The molecule has 156 valence electrons. The summed E-state index contributed by atoms with van der Waals surface area (Å²) in [6.07, 6.45) is 1.69. The van der Waals surface area contributed by atoms with E-state index in [-0.39, 0.29) is 11.5 Å². The van der Waals surface area contributed by atoms with Gasteiger partial charge in [0.15, 0.2) is 5.17 Å². The van der Waals surface area contributed by atoms with Crippen molar-refractivity contribution in [2.75, 3.05) is 6.54 Å². The van der Waals surface area contributed by atoms with E-state index in [1.165, 1.54) is 23.9 Å². The topological polar surface area (TPSA) is 83.1 Å². The van der Waals surface area contributed by atoms with Crippen molar-refractivity contribution in [3.05, 3.63) is 81.9 Å². The number of hydrogen-bond donors (Lipinski definition) is 1. The van der Waals surface area contributed by atoms with Crippen molar-refractivity contribution in [3.63, 3.8) is 0 Å². The summed E-state index contributed by atoms with van der Waals surface area (Å²) in [7, 11) is 0. The number of carbonyl (C=O) groups is 2. The predicted octanol–water partition coefficient (Wildman–Crippen LogP) is 5.92. The standard InChI is InChI=1S/C23H17ClN2O4S/c1-2-26-21(27)20(31-23(26)25-17-8-6-14(7-9-17)22(28)29)13-18-10-11-19(30-18)15-4-3-5-16(24)12-15/h3-13H,2H2,1H3,(H,28,29)/b20-13+,25-23?. The second-order valence-corrected chi connectivity index (χ2v) is 8.06. The van der Waals surface area contributed by atoms with E-state index in [9.17, 15) is 9.59 Å². The van der Waals surface area contributed by atoms with Crippen LogP contribution in [0, 0.1) is 0 Å². The third-order valence-corrected chi connectivity index (χ3v) is 5.79. The predicted molar refractivity (Wildman–Crippen MR) is 123 cm³/mol. The van der Waals surface area contributed by atoms with E-state index in [1.807, 2.05) is 31.2 Å². The average molecular weight is 453 g/mol. The molecular formula is C23H17ClN2O4S. The molecule has 8 heteroatoms. The molecule has 4 rings (SSSR count). The normalized spacial score (nSPS) is 16.5. The fraction of sp³-hybridized carbons (Fsp3) is 0.0870. The molecule has 0 spiro atoms. The number of furan rings is 1. The average Bonchev–Trinajstić information content (AvgIpc) is 3.33. The van der Waals surface area contributed by atoms with Crippen LogP contribution in [0.2, 0.25) is 5.02 Å². The van der Waals surface area contributed by atoms with Gasteiger partial charge in [-0.1, -0.05) is 23.7 Å². The van der Waals surface area contributed by atoms with Gasteiger partial charge in [0.1, 0.15) is 11.5 Å². The molecule has 0 radical (unpaired) electrons. The summed E-state index contributed by atoms with van der Waals surface area (Å²) < 4.78 is 5.88. The number of hydrogen-bond acceptors (Lipinski definition) is 5. The Kier molecular flexibility index (Phi) is 5.97. The molecule has 1 amide bonds. The molecule has 3 aromatic rings. The van der Waals surface area contributed by atoms with Gasteiger partial charge in [0.05, 0.1) is 16.2 Å². The summed E-state index contributed by atoms with van der Waals surface area (Å²) in [6.45, 7) is 2.33. The molecule has 0 atom stereocenters. The van der Waals surface area contributed by atoms with Crippen molar-refractivity contribution in [2.45, 2.75) is 6.92 Å². The second kappa shape index (κ2) is 8.83. The molecule has 0 aliphatic carbocycles. The summed E-state index contributed by atoms with van der Waals surface area (Å²) in [6, 6.07) is 17.2. The molecule has 1 aliphatic rings. The maximum Gasteiger partial charge on any atom is 0.335 e. The van der Waals surface area contributed by atoms with Crippen molar-refractivity contribution in [2.24, 2.45) is 4.99 Å². The third-order valence-electron chi connectivity index (χ3n) is 4.55. The van der Waals surface area contributed by atoms with E-state index in [1.54, 1.807) is 35.2 Å². The highest BCUT2D eigenvalue weighted by atomic mass is 35.5. The van der Waals surface area contributed by atoms with Crippen LogP contribution in [-0.2, 0) is 4.79 Å². The Morgan fingerprint density at radius 3 is 2.65 bits per heavy atom. The first-order valence-corrected chi connectivity index (χ1v) is 10.6. The van der Waals surface area contributed by atoms with Crippen LogP contribution in [0.1, 0.15) is 23.0 Å². The van der Waals surface area contributed by atoms with Gasteiger partial charge in [-0.3, -0.25) is 9.69 Å². The zero-order chi connectivity index (χ0) is 22.0. The van der Waals surface area contributed by atoms with Gasteiger partial charge < -0.3 is 9.52 Å². The number of carboxylic acids is 1. The lowest BCUT2D eigenvalue weighted by Crippen LogP contribution is -2.28. The number of rotatable bonds is 5. The zero-order valence-corrected chi connectivity index (χ0v) is 18.0. The molecule has 6 nitrogen and oxygen atoms in total. The van der Waals surface area contributed by atoms with Gasteiger partial charge in [-0.15, -0.1) is 0 Å². The number of nitrogens with zero attached hydrogens (tertiary/aromatic N) is 2. The SMILES string of the molecule is CCN1C(=O)/C(=C\c2ccc(-c3cccc(Cl)c3)o2)SC1=Nc1ccc(C(=O)O)cc1. The van der Waals surface area contributed by atoms with Crippen LogP contribution in [0.15, 0.2) is 75.0 Å². The Balaban J connectivity index is 1.59. The summed E-state index contributed by atoms with van der Waals surface area (Å²) in [5.74, 6) is 0.0493. The first kappa shape index (κ1) is 21.0. The number of aliphatic imine (C=N–C) groups is 1. The van der Waals surface area contributed by atoms with Gasteiger partial charge in [-0.2, -0.15) is 0 Å². The summed E-state index contributed by atoms with van der Waals surface area (Å²) in [4.78, 5) is 30.4. The van der Waals surface area contributed by atoms with Crippen LogP contribution in [-0.4, -0.2) is 33.6 Å². The number of amides is 1. The molecule has 1 fully saturated rings. The Morgan fingerprint density at radius 1 is 1.19 bits per heavy atom. The van der Waals surface area contributed by atoms with Gasteiger partial charge in [0, 0.05) is 23.2 Å². The number of likely N-dealkylation sites (N-methyl/N-ethyl adjacent to an activating group) is 1. The van der Waals surface area contributed by atoms with Crippen LogP contribution in [0.5, 0.6) is 0 Å². The number of thioether (sulfide) groups is 1. The van der Waals surface area contributed by atoms with Crippen molar-refractivity contribution in [3.8, 4) is 11.3 Å². The first-order chi connectivity index (χ1) is 14.9. The molecule has 1 aromatic heterocycles. The van der Waals surface area contributed by atoms with Crippen LogP contribution in [0.4, 0.5) is 5.69 Å². The lowest BCUT2D eigenvalue weighted by molar-refractivity contribution is -0.122. The lowest BCUT2D eigenvalue weighted by Gasteiger charge is -2.11. The maximum atomic E-state index is 12.8. The number of amidine groups is 1. The van der Waals surface area contributed by atoms with Crippen molar-refractivity contribution in [1.82, 2.24) is 4.90 Å². The lowest BCUT2D eigenvalue weighted by atomic mass is 10.2. The van der Waals surface area contributed by atoms with Crippen molar-refractivity contribution in [1.29, 1.82) is 0 Å². The van der Waals surface area contributed by atoms with Crippen molar-refractivity contribution < 1.29 is 19.1 Å². The van der Waals surface area contributed by atoms with E-state index in [2.05, 4.69) is 4.99 Å². The molecule has 0 unspecified atom stereocenters. The molecule has 1 N–H and O–H groups in total. The second-order valence-electron chi connectivity index (χ2n) is 6.62. The number of aromatic carboxylic acids is 1. The fourth-order valence-electron chi connectivity index (χ4n) is 3.02. The number of carboxylic acid groups (broad SMARTS) is 1. The highest BCUT2D eigenvalue weighted by molar-refractivity contribution is 8.18. The largest absolute Gasteiger partial charge is 0.478 e. The monoisotopic (exact) mass is 452 g/mol. The van der Waals surface area contributed by atoms with Crippen LogP contribution >= 0.6 is 23.4 Å². The minimum absolute atomic E-state index is 0.158. The van der Waals surface area contributed by atoms with Gasteiger partial charge in [0.25, 0.3) is 5.91 Å². The van der Waals surface area contributed by atoms with E-state index in [0.29, 0.717) is 38.8 Å². The molecular weight excluding hydrogens is 436 g/mol. The first-order valence-electron chi connectivity index (χ1n) is 9.44. The Labute approximate surface area is 187 Å². The molecule has 0 saturated carbocycles. The molecule has 1 saturated heterocycles. The number of benzene rings is 2. The minimum Gasteiger partial charge on any atom is -0.478 e. The summed E-state index contributed by atoms with van der Waals surface area (Å²) in [5, 5.41) is 10.2. The van der Waals surface area contributed by atoms with Gasteiger partial charge in [-0.05, 0) is 67.2 Å².